The van der Waals surface area contributed by atoms with Crippen molar-refractivity contribution in [3.8, 4) is 0 Å². The minimum atomic E-state index is -0.290. The van der Waals surface area contributed by atoms with Crippen molar-refractivity contribution in [2.75, 3.05) is 10.6 Å². The normalized spacial score (nSPS) is 15.2. The molecule has 4 nitrogen and oxygen atoms in total. The minimum Gasteiger partial charge on any atom is -0.355 e. The van der Waals surface area contributed by atoms with E-state index in [9.17, 15) is 4.79 Å². The first kappa shape index (κ1) is 29.8. The van der Waals surface area contributed by atoms with Crippen LogP contribution in [0.25, 0.3) is 17.0 Å². The SMILES string of the molecule is C=C(Nc1cccc(C2=CC(C)C(=O)C(Nc3ccc(C(=C)CCC)c(C)c3)=N2)c1C)c1ccc(C(C)(C)C)cc1. The van der Waals surface area contributed by atoms with Gasteiger partial charge in [-0.1, -0.05) is 96.7 Å². The van der Waals surface area contributed by atoms with Gasteiger partial charge in [0.25, 0.3) is 0 Å². The van der Waals surface area contributed by atoms with Crippen LogP contribution in [0.1, 0.15) is 80.8 Å². The fourth-order valence-electron chi connectivity index (χ4n) is 5.15. The Morgan fingerprint density at radius 2 is 1.71 bits per heavy atom. The predicted octanol–water partition coefficient (Wildman–Crippen LogP) is 9.57. The molecular weight excluding hydrogens is 502 g/mol. The summed E-state index contributed by atoms with van der Waals surface area (Å²) in [5.74, 6) is 0.0440. The fraction of sp³-hybridized carbons (Fsp3) is 0.297. The zero-order valence-corrected chi connectivity index (χ0v) is 25.6. The molecule has 2 N–H and O–H groups in total. The summed E-state index contributed by atoms with van der Waals surface area (Å²) in [5, 5.41) is 6.81. The molecule has 0 bridgehead atoms. The summed E-state index contributed by atoms with van der Waals surface area (Å²) in [6, 6.07) is 20.8. The van der Waals surface area contributed by atoms with E-state index < -0.39 is 0 Å². The van der Waals surface area contributed by atoms with Gasteiger partial charge in [0.2, 0.25) is 5.78 Å². The quantitative estimate of drug-likeness (QED) is 0.296. The Hall–Kier alpha value is -4.18. The van der Waals surface area contributed by atoms with Crippen LogP contribution in [0.2, 0.25) is 0 Å². The lowest BCUT2D eigenvalue weighted by atomic mass is 9.86. The first-order chi connectivity index (χ1) is 19.4. The van der Waals surface area contributed by atoms with E-state index in [1.807, 2.05) is 31.2 Å². The number of nitrogens with one attached hydrogen (secondary N) is 2. The van der Waals surface area contributed by atoms with Crippen LogP contribution in [0.15, 0.2) is 84.9 Å². The molecule has 1 unspecified atom stereocenters. The van der Waals surface area contributed by atoms with Gasteiger partial charge in [0.15, 0.2) is 5.84 Å². The van der Waals surface area contributed by atoms with E-state index in [0.29, 0.717) is 5.84 Å². The molecule has 0 fully saturated rings. The first-order valence-electron chi connectivity index (χ1n) is 14.5. The van der Waals surface area contributed by atoms with E-state index >= 15 is 0 Å². The lowest BCUT2D eigenvalue weighted by molar-refractivity contribution is -0.114. The number of allylic oxidation sites excluding steroid dienone is 2. The van der Waals surface area contributed by atoms with Crippen molar-refractivity contribution >= 4 is 40.0 Å². The van der Waals surface area contributed by atoms with Gasteiger partial charge in [-0.25, -0.2) is 4.99 Å². The maximum Gasteiger partial charge on any atom is 0.204 e. The molecule has 3 aromatic rings. The topological polar surface area (TPSA) is 53.5 Å². The molecule has 4 heteroatoms. The summed E-state index contributed by atoms with van der Waals surface area (Å²) in [6.45, 7) is 23.4. The first-order valence-corrected chi connectivity index (χ1v) is 14.5. The third-order valence-corrected chi connectivity index (χ3v) is 7.70. The second-order valence-corrected chi connectivity index (χ2v) is 12.1. The summed E-state index contributed by atoms with van der Waals surface area (Å²) in [7, 11) is 0. The summed E-state index contributed by atoms with van der Waals surface area (Å²) >= 11 is 0. The fourth-order valence-corrected chi connectivity index (χ4v) is 5.15. The maximum atomic E-state index is 13.1. The molecule has 41 heavy (non-hydrogen) atoms. The zero-order chi connectivity index (χ0) is 29.9. The molecule has 0 radical (unpaired) electrons. The molecular formula is C37H43N3O. The standard InChI is InChI=1S/C37H43N3O/c1-10-12-23(2)31-20-19-30(21-24(31)3)39-36-35(41)25(4)22-34(40-36)32-13-11-14-33(26(32)5)38-27(6)28-15-17-29(18-16-28)37(7,8)9/h11,13-22,25,38H,2,6,10,12H2,1,3-5,7-9H3,(H,39,40). The van der Waals surface area contributed by atoms with Crippen molar-refractivity contribution < 1.29 is 4.79 Å². The van der Waals surface area contributed by atoms with E-state index in [-0.39, 0.29) is 17.1 Å². The van der Waals surface area contributed by atoms with Crippen LogP contribution in [0.5, 0.6) is 0 Å². The van der Waals surface area contributed by atoms with Gasteiger partial charge in [-0.05, 0) is 83.3 Å². The van der Waals surface area contributed by atoms with Crippen LogP contribution in [0, 0.1) is 19.8 Å². The number of aliphatic imine (C=N–C) groups is 1. The average Bonchev–Trinajstić information content (AvgIpc) is 2.92. The number of amidine groups is 1. The third kappa shape index (κ3) is 6.77. The van der Waals surface area contributed by atoms with Gasteiger partial charge in [-0.2, -0.15) is 0 Å². The van der Waals surface area contributed by atoms with Crippen LogP contribution in [-0.4, -0.2) is 11.6 Å². The highest BCUT2D eigenvalue weighted by atomic mass is 16.1. The average molecular weight is 546 g/mol. The number of benzene rings is 3. The van der Waals surface area contributed by atoms with Crippen LogP contribution in [-0.2, 0) is 10.2 Å². The largest absolute Gasteiger partial charge is 0.355 e. The Kier molecular flexibility index (Phi) is 8.82. The monoisotopic (exact) mass is 545 g/mol. The van der Waals surface area contributed by atoms with Gasteiger partial charge >= 0.3 is 0 Å². The molecule has 0 aromatic heterocycles. The molecule has 3 aromatic carbocycles. The van der Waals surface area contributed by atoms with Gasteiger partial charge in [-0.3, -0.25) is 4.79 Å². The van der Waals surface area contributed by atoms with Gasteiger partial charge in [-0.15, -0.1) is 0 Å². The Morgan fingerprint density at radius 3 is 2.34 bits per heavy atom. The Balaban J connectivity index is 1.57. The highest BCUT2D eigenvalue weighted by molar-refractivity contribution is 6.45. The molecule has 0 amide bonds. The highest BCUT2D eigenvalue weighted by Gasteiger charge is 2.25. The van der Waals surface area contributed by atoms with Gasteiger partial charge < -0.3 is 10.6 Å². The minimum absolute atomic E-state index is 0.0233. The molecule has 1 aliphatic rings. The molecule has 0 saturated heterocycles. The van der Waals surface area contributed by atoms with Crippen molar-refractivity contribution in [2.24, 2.45) is 10.9 Å². The van der Waals surface area contributed by atoms with E-state index in [1.165, 1.54) is 5.56 Å². The van der Waals surface area contributed by atoms with Crippen molar-refractivity contribution in [3.05, 3.63) is 113 Å². The third-order valence-electron chi connectivity index (χ3n) is 7.70. The summed E-state index contributed by atoms with van der Waals surface area (Å²) in [5.41, 5.74) is 11.3. The molecule has 1 aliphatic heterocycles. The molecule has 1 heterocycles. The van der Waals surface area contributed by atoms with Gasteiger partial charge in [0.05, 0.1) is 5.70 Å². The molecule has 0 aliphatic carbocycles. The number of hydrogen-bond donors (Lipinski definition) is 2. The molecule has 0 saturated carbocycles. The van der Waals surface area contributed by atoms with Gasteiger partial charge in [0, 0.05) is 28.6 Å². The number of aryl methyl sites for hydroxylation is 1. The number of hydrogen-bond acceptors (Lipinski definition) is 4. The number of Topliss-reactive ketones (excluding diaryl/α,β-unsaturated/α-hetero) is 1. The summed E-state index contributed by atoms with van der Waals surface area (Å²) in [4.78, 5) is 17.9. The van der Waals surface area contributed by atoms with Crippen molar-refractivity contribution in [3.63, 3.8) is 0 Å². The Labute approximate surface area is 246 Å². The number of carbonyl (C=O) groups excluding carboxylic acids is 1. The van der Waals surface area contributed by atoms with Crippen molar-refractivity contribution in [2.45, 2.75) is 66.7 Å². The number of carbonyl (C=O) groups is 1. The van der Waals surface area contributed by atoms with Crippen LogP contribution >= 0.6 is 0 Å². The van der Waals surface area contributed by atoms with Crippen LogP contribution in [0.4, 0.5) is 11.4 Å². The second kappa shape index (κ2) is 12.1. The number of rotatable bonds is 8. The maximum absolute atomic E-state index is 13.1. The Bertz CT molecular complexity index is 1550. The lowest BCUT2D eigenvalue weighted by Gasteiger charge is -2.21. The van der Waals surface area contributed by atoms with Gasteiger partial charge in [0.1, 0.15) is 0 Å². The number of anilines is 2. The molecule has 4 rings (SSSR count). The van der Waals surface area contributed by atoms with Crippen LogP contribution < -0.4 is 10.6 Å². The Morgan fingerprint density at radius 1 is 1.00 bits per heavy atom. The highest BCUT2D eigenvalue weighted by Crippen LogP contribution is 2.32. The lowest BCUT2D eigenvalue weighted by Crippen LogP contribution is -2.30. The van der Waals surface area contributed by atoms with Crippen molar-refractivity contribution in [1.29, 1.82) is 0 Å². The van der Waals surface area contributed by atoms with E-state index in [4.69, 9.17) is 4.99 Å². The zero-order valence-electron chi connectivity index (χ0n) is 25.6. The summed E-state index contributed by atoms with van der Waals surface area (Å²) < 4.78 is 0. The predicted molar refractivity (Wildman–Crippen MR) is 177 cm³/mol. The number of nitrogens with zero attached hydrogens (tertiary/aromatic N) is 1. The molecule has 1 atom stereocenters. The number of ketones is 1. The van der Waals surface area contributed by atoms with E-state index in [2.05, 4.69) is 108 Å². The van der Waals surface area contributed by atoms with E-state index in [0.717, 1.165) is 69.0 Å². The van der Waals surface area contributed by atoms with Crippen molar-refractivity contribution in [1.82, 2.24) is 0 Å². The second-order valence-electron chi connectivity index (χ2n) is 12.1. The molecule has 212 valence electrons. The van der Waals surface area contributed by atoms with Crippen LogP contribution in [0.3, 0.4) is 0 Å². The van der Waals surface area contributed by atoms with E-state index in [1.54, 1.807) is 0 Å². The smallest absolute Gasteiger partial charge is 0.204 e. The summed E-state index contributed by atoms with van der Waals surface area (Å²) in [6.07, 6.45) is 3.97. The molecule has 0 spiro atoms.